The van der Waals surface area contributed by atoms with E-state index in [4.69, 9.17) is 0 Å². The van der Waals surface area contributed by atoms with E-state index in [1.807, 2.05) is 0 Å². The first-order valence-corrected chi connectivity index (χ1v) is 21.3. The summed E-state index contributed by atoms with van der Waals surface area (Å²) in [7, 11) is 0. The van der Waals surface area contributed by atoms with E-state index in [1.165, 1.54) is 231 Å². The van der Waals surface area contributed by atoms with Crippen molar-refractivity contribution in [3.8, 4) is 0 Å². The zero-order chi connectivity index (χ0) is 32.7. The normalized spacial score (nSPS) is 11.6. The quantitative estimate of drug-likeness (QED) is 0.0405. The Morgan fingerprint density at radius 1 is 0.318 bits per heavy atom. The van der Waals surface area contributed by atoms with Crippen LogP contribution in [0.4, 0.5) is 0 Å². The summed E-state index contributed by atoms with van der Waals surface area (Å²) in [5.74, 6) is 0. The Kier molecular flexibility index (Phi) is 43.4. The maximum absolute atomic E-state index is 9.79. The van der Waals surface area contributed by atoms with E-state index in [0.717, 1.165) is 11.0 Å². The van der Waals surface area contributed by atoms with E-state index >= 15 is 0 Å². The number of hydrogen-bond donors (Lipinski definition) is 1. The van der Waals surface area contributed by atoms with Crippen molar-refractivity contribution in [1.29, 1.82) is 0 Å². The molecular formula is C41H87ClNO+. The SMILES string of the molecule is CCCCCCCCCCCCCCCCCC[N+](CC)(CCO)CCCCCCCCCCCCCCCCCC.CCl. The highest BCUT2D eigenvalue weighted by atomic mass is 35.5. The summed E-state index contributed by atoms with van der Waals surface area (Å²) in [6.45, 7) is 12.0. The van der Waals surface area contributed by atoms with Crippen LogP contribution in [-0.2, 0) is 0 Å². The van der Waals surface area contributed by atoms with Crippen LogP contribution in [0.3, 0.4) is 0 Å². The van der Waals surface area contributed by atoms with Crippen molar-refractivity contribution in [2.24, 2.45) is 0 Å². The van der Waals surface area contributed by atoms with Crippen molar-refractivity contribution in [2.75, 3.05) is 39.2 Å². The molecule has 0 radical (unpaired) electrons. The number of quaternary nitrogens is 1. The maximum Gasteiger partial charge on any atom is 0.102 e. The predicted molar refractivity (Wildman–Crippen MR) is 203 cm³/mol. The monoisotopic (exact) mass is 645 g/mol. The Hall–Kier alpha value is 0.210. The molecule has 0 aliphatic carbocycles. The second kappa shape index (κ2) is 41.2. The molecule has 0 atom stereocenters. The molecule has 0 saturated heterocycles. The molecule has 1 N–H and O–H groups in total. The molecular weight excluding hydrogens is 558 g/mol. The molecule has 0 fully saturated rings. The summed E-state index contributed by atoms with van der Waals surface area (Å²) in [5, 5.41) is 9.79. The number of rotatable bonds is 37. The highest BCUT2D eigenvalue weighted by molar-refractivity contribution is 6.15. The zero-order valence-corrected chi connectivity index (χ0v) is 32.2. The van der Waals surface area contributed by atoms with Crippen LogP contribution in [0.5, 0.6) is 0 Å². The third-order valence-electron chi connectivity index (χ3n) is 10.2. The molecule has 0 aromatic heterocycles. The largest absolute Gasteiger partial charge is 0.391 e. The number of alkyl halides is 1. The van der Waals surface area contributed by atoms with Gasteiger partial charge in [0.15, 0.2) is 0 Å². The van der Waals surface area contributed by atoms with Gasteiger partial charge in [-0.1, -0.05) is 194 Å². The number of hydrogen-bond acceptors (Lipinski definition) is 1. The fourth-order valence-electron chi connectivity index (χ4n) is 7.01. The van der Waals surface area contributed by atoms with Gasteiger partial charge >= 0.3 is 0 Å². The third-order valence-corrected chi connectivity index (χ3v) is 10.2. The summed E-state index contributed by atoms with van der Waals surface area (Å²) in [4.78, 5) is 0. The summed E-state index contributed by atoms with van der Waals surface area (Å²) in [5.41, 5.74) is 0. The summed E-state index contributed by atoms with van der Waals surface area (Å²) >= 11 is 4.64. The van der Waals surface area contributed by atoms with Crippen LogP contribution in [0.25, 0.3) is 0 Å². The fraction of sp³-hybridized carbons (Fsp3) is 1.00. The smallest absolute Gasteiger partial charge is 0.102 e. The van der Waals surface area contributed by atoms with Gasteiger partial charge in [-0.25, -0.2) is 0 Å². The van der Waals surface area contributed by atoms with Gasteiger partial charge in [0.2, 0.25) is 0 Å². The fourth-order valence-corrected chi connectivity index (χ4v) is 7.01. The van der Waals surface area contributed by atoms with Crippen molar-refractivity contribution in [3.63, 3.8) is 0 Å². The van der Waals surface area contributed by atoms with Crippen LogP contribution in [0.2, 0.25) is 0 Å². The first kappa shape index (κ1) is 46.3. The molecule has 0 saturated carbocycles. The molecule has 3 heteroatoms. The van der Waals surface area contributed by atoms with Gasteiger partial charge in [-0.15, -0.1) is 11.6 Å². The van der Waals surface area contributed by atoms with Gasteiger partial charge in [-0.3, -0.25) is 0 Å². The Labute approximate surface area is 285 Å². The lowest BCUT2D eigenvalue weighted by Gasteiger charge is -2.37. The van der Waals surface area contributed by atoms with E-state index in [0.29, 0.717) is 6.61 Å². The van der Waals surface area contributed by atoms with Crippen molar-refractivity contribution in [2.45, 2.75) is 226 Å². The molecule has 0 spiro atoms. The van der Waals surface area contributed by atoms with Crippen molar-refractivity contribution in [1.82, 2.24) is 0 Å². The van der Waals surface area contributed by atoms with Crippen LogP contribution in [0.1, 0.15) is 226 Å². The molecule has 268 valence electrons. The van der Waals surface area contributed by atoms with Crippen molar-refractivity contribution in [3.05, 3.63) is 0 Å². The van der Waals surface area contributed by atoms with Crippen LogP contribution in [-0.4, -0.2) is 48.8 Å². The first-order valence-electron chi connectivity index (χ1n) is 20.6. The van der Waals surface area contributed by atoms with E-state index in [1.54, 1.807) is 0 Å². The molecule has 0 heterocycles. The Balaban J connectivity index is 0. The molecule has 44 heavy (non-hydrogen) atoms. The van der Waals surface area contributed by atoms with Crippen LogP contribution >= 0.6 is 11.6 Å². The Bertz CT molecular complexity index is 449. The van der Waals surface area contributed by atoms with Crippen LogP contribution in [0.15, 0.2) is 0 Å². The van der Waals surface area contributed by atoms with E-state index in [-0.39, 0.29) is 0 Å². The lowest BCUT2D eigenvalue weighted by atomic mass is 10.0. The maximum atomic E-state index is 9.79. The lowest BCUT2D eigenvalue weighted by molar-refractivity contribution is -0.927. The van der Waals surface area contributed by atoms with Crippen molar-refractivity contribution < 1.29 is 9.59 Å². The van der Waals surface area contributed by atoms with Crippen LogP contribution in [0, 0.1) is 0 Å². The number of aliphatic hydroxyl groups is 1. The van der Waals surface area contributed by atoms with Gasteiger partial charge in [-0.2, -0.15) is 0 Å². The van der Waals surface area contributed by atoms with Gasteiger partial charge in [0.1, 0.15) is 6.54 Å². The Morgan fingerprint density at radius 3 is 0.705 bits per heavy atom. The minimum absolute atomic E-state index is 0.353. The van der Waals surface area contributed by atoms with Crippen molar-refractivity contribution >= 4 is 11.6 Å². The molecule has 0 amide bonds. The van der Waals surface area contributed by atoms with Gasteiger partial charge in [0.25, 0.3) is 0 Å². The van der Waals surface area contributed by atoms with Gasteiger partial charge < -0.3 is 9.59 Å². The molecule has 0 rings (SSSR count). The second-order valence-corrected chi connectivity index (χ2v) is 14.2. The number of halogens is 1. The second-order valence-electron chi connectivity index (χ2n) is 14.2. The average Bonchev–Trinajstić information content (AvgIpc) is 3.05. The summed E-state index contributed by atoms with van der Waals surface area (Å²) in [6, 6.07) is 0. The minimum atomic E-state index is 0.353. The number of unbranched alkanes of at least 4 members (excludes halogenated alkanes) is 30. The lowest BCUT2D eigenvalue weighted by Crippen LogP contribution is -2.51. The minimum Gasteiger partial charge on any atom is -0.391 e. The molecule has 0 aliphatic rings. The predicted octanol–water partition coefficient (Wildman–Crippen LogP) is 14.2. The highest BCUT2D eigenvalue weighted by Crippen LogP contribution is 2.18. The number of likely N-dealkylation sites (N-methyl/N-ethyl adjacent to an activating group) is 1. The summed E-state index contributed by atoms with van der Waals surface area (Å²) in [6.07, 6.45) is 47.5. The summed E-state index contributed by atoms with van der Waals surface area (Å²) < 4.78 is 1.16. The highest BCUT2D eigenvalue weighted by Gasteiger charge is 2.23. The molecule has 2 nitrogen and oxygen atoms in total. The Morgan fingerprint density at radius 2 is 0.523 bits per heavy atom. The molecule has 0 aromatic carbocycles. The molecule has 0 bridgehead atoms. The topological polar surface area (TPSA) is 20.2 Å². The average molecular weight is 646 g/mol. The van der Waals surface area contributed by atoms with E-state index in [2.05, 4.69) is 32.4 Å². The number of aliphatic hydroxyl groups excluding tert-OH is 1. The zero-order valence-electron chi connectivity index (χ0n) is 31.4. The number of nitrogens with zero attached hydrogens (tertiary/aromatic N) is 1. The molecule has 0 aliphatic heterocycles. The van der Waals surface area contributed by atoms with Gasteiger partial charge in [0, 0.05) is 6.38 Å². The molecule has 0 aromatic rings. The standard InChI is InChI=1S/C40H84NO.CH3Cl/c1-4-7-9-11-13-15-17-19-21-23-25-27-29-31-33-35-37-41(6-3,39-40-42)38-36-34-32-30-28-26-24-22-20-18-16-14-12-10-8-5-2;1-2/h42H,4-40H2,1-3H3;1H3/q+1;. The third kappa shape index (κ3) is 35.1. The van der Waals surface area contributed by atoms with Gasteiger partial charge in [0.05, 0.1) is 26.2 Å². The van der Waals surface area contributed by atoms with Crippen LogP contribution < -0.4 is 0 Å². The van der Waals surface area contributed by atoms with Gasteiger partial charge in [-0.05, 0) is 32.6 Å². The van der Waals surface area contributed by atoms with E-state index in [9.17, 15) is 5.11 Å². The molecule has 0 unspecified atom stereocenters. The first-order chi connectivity index (χ1) is 21.7. The van der Waals surface area contributed by atoms with E-state index < -0.39 is 0 Å².